The Balaban J connectivity index is 2.05. The highest BCUT2D eigenvalue weighted by Gasteiger charge is 2.26. The summed E-state index contributed by atoms with van der Waals surface area (Å²) in [6.07, 6.45) is 2.16. The van der Waals surface area contributed by atoms with Gasteiger partial charge in [-0.3, -0.25) is 0 Å². The van der Waals surface area contributed by atoms with Crippen LogP contribution >= 0.6 is 0 Å². The summed E-state index contributed by atoms with van der Waals surface area (Å²) in [6.45, 7) is 0. The monoisotopic (exact) mass is 323 g/mol. The predicted octanol–water partition coefficient (Wildman–Crippen LogP) is 5.41. The summed E-state index contributed by atoms with van der Waals surface area (Å²) in [4.78, 5) is 2.22. The van der Waals surface area contributed by atoms with Gasteiger partial charge in [0, 0.05) is 11.1 Å². The lowest BCUT2D eigenvalue weighted by Crippen LogP contribution is -2.19. The molecular weight excluding hydrogens is 304 g/mol. The highest BCUT2D eigenvalue weighted by atomic mass is 15.2. The van der Waals surface area contributed by atoms with Crippen LogP contribution in [-0.4, -0.2) is 25.0 Å². The minimum Gasteiger partial charge on any atom is -0.236 e. The van der Waals surface area contributed by atoms with Crippen LogP contribution in [0.2, 0.25) is 0 Å². The number of hydrogen-bond donors (Lipinski definition) is 0. The fraction of sp³-hybridized carbons (Fsp3) is 0.0870. The summed E-state index contributed by atoms with van der Waals surface area (Å²) in [7, 11) is 4.25. The molecule has 0 atom stereocenters. The number of anilines is 1. The standard InChI is InChI=1S/C23H19N2/c1-24-15-25(2)21-14-12-17-8-4-6-10-19(17)23(21)22-18-9-5-3-7-16(18)11-13-20(22)24/h3-15H,1-2H3/q+1. The molecule has 0 saturated carbocycles. The van der Waals surface area contributed by atoms with Gasteiger partial charge in [0.05, 0.1) is 14.1 Å². The molecule has 0 radical (unpaired) electrons. The normalized spacial score (nSPS) is 13.4. The molecule has 0 bridgehead atoms. The summed E-state index contributed by atoms with van der Waals surface area (Å²) in [5.41, 5.74) is 5.10. The Kier molecular flexibility index (Phi) is 2.95. The Labute approximate surface area is 147 Å². The van der Waals surface area contributed by atoms with Crippen molar-refractivity contribution in [3.05, 3.63) is 72.8 Å². The second kappa shape index (κ2) is 5.18. The van der Waals surface area contributed by atoms with Crippen molar-refractivity contribution in [3.63, 3.8) is 0 Å². The summed E-state index contributed by atoms with van der Waals surface area (Å²) in [5.74, 6) is 0. The van der Waals surface area contributed by atoms with Crippen molar-refractivity contribution < 1.29 is 4.58 Å². The maximum atomic E-state index is 2.24. The molecule has 120 valence electrons. The van der Waals surface area contributed by atoms with E-state index in [9.17, 15) is 0 Å². The summed E-state index contributed by atoms with van der Waals surface area (Å²) < 4.78 is 2.22. The van der Waals surface area contributed by atoms with E-state index in [0.29, 0.717) is 0 Å². The number of benzene rings is 4. The van der Waals surface area contributed by atoms with Crippen LogP contribution < -0.4 is 4.90 Å². The van der Waals surface area contributed by atoms with Gasteiger partial charge in [0.2, 0.25) is 6.34 Å². The van der Waals surface area contributed by atoms with E-state index in [1.807, 2.05) is 0 Å². The topological polar surface area (TPSA) is 6.25 Å². The average molecular weight is 323 g/mol. The largest absolute Gasteiger partial charge is 0.244 e. The molecule has 0 N–H and O–H groups in total. The summed E-state index contributed by atoms with van der Waals surface area (Å²) >= 11 is 0. The summed E-state index contributed by atoms with van der Waals surface area (Å²) in [6, 6.07) is 26.2. The van der Waals surface area contributed by atoms with Crippen molar-refractivity contribution >= 4 is 39.3 Å². The molecule has 2 nitrogen and oxygen atoms in total. The zero-order chi connectivity index (χ0) is 17.0. The van der Waals surface area contributed by atoms with Crippen molar-refractivity contribution in [3.8, 4) is 11.1 Å². The Hall–Kier alpha value is -3.13. The molecule has 1 aliphatic heterocycles. The van der Waals surface area contributed by atoms with Gasteiger partial charge in [0.1, 0.15) is 11.4 Å². The van der Waals surface area contributed by atoms with Gasteiger partial charge in [-0.25, -0.2) is 9.48 Å². The minimum atomic E-state index is 1.24. The lowest BCUT2D eigenvalue weighted by atomic mass is 9.91. The third-order valence-electron chi connectivity index (χ3n) is 5.17. The molecule has 0 fully saturated rings. The Morgan fingerprint density at radius 1 is 0.680 bits per heavy atom. The van der Waals surface area contributed by atoms with Crippen molar-refractivity contribution in [1.29, 1.82) is 0 Å². The summed E-state index contributed by atoms with van der Waals surface area (Å²) in [5, 5.41) is 5.15. The average Bonchev–Trinajstić information content (AvgIpc) is 2.76. The van der Waals surface area contributed by atoms with Crippen LogP contribution in [0.25, 0.3) is 32.7 Å². The van der Waals surface area contributed by atoms with E-state index in [4.69, 9.17) is 0 Å². The van der Waals surface area contributed by atoms with Crippen LogP contribution in [0.15, 0.2) is 72.8 Å². The highest BCUT2D eigenvalue weighted by molar-refractivity contribution is 6.14. The van der Waals surface area contributed by atoms with Crippen LogP contribution in [0.4, 0.5) is 11.4 Å². The van der Waals surface area contributed by atoms with Crippen molar-refractivity contribution in [1.82, 2.24) is 0 Å². The molecule has 5 rings (SSSR count). The molecule has 0 spiro atoms. The number of rotatable bonds is 0. The molecule has 4 aromatic carbocycles. The van der Waals surface area contributed by atoms with Gasteiger partial charge in [-0.1, -0.05) is 60.7 Å². The van der Waals surface area contributed by atoms with Gasteiger partial charge < -0.3 is 0 Å². The fourth-order valence-electron chi connectivity index (χ4n) is 4.02. The van der Waals surface area contributed by atoms with E-state index >= 15 is 0 Å². The first-order chi connectivity index (χ1) is 12.2. The van der Waals surface area contributed by atoms with Gasteiger partial charge in [0.15, 0.2) is 0 Å². The number of hydrogen-bond acceptors (Lipinski definition) is 1. The first-order valence-corrected chi connectivity index (χ1v) is 8.58. The Morgan fingerprint density at radius 3 is 2.00 bits per heavy atom. The van der Waals surface area contributed by atoms with Gasteiger partial charge in [-0.2, -0.15) is 0 Å². The van der Waals surface area contributed by atoms with Crippen molar-refractivity contribution in [2.24, 2.45) is 0 Å². The maximum Gasteiger partial charge on any atom is 0.244 e. The molecular formula is C23H19N2+. The van der Waals surface area contributed by atoms with Gasteiger partial charge in [-0.05, 0) is 33.7 Å². The second-order valence-electron chi connectivity index (χ2n) is 6.70. The highest BCUT2D eigenvalue weighted by Crippen LogP contribution is 2.45. The molecule has 0 aromatic heterocycles. The SMILES string of the molecule is CN1C=[N+](C)c2ccc3ccccc3c2-c2c1ccc1ccccc21. The molecule has 4 aromatic rings. The molecule has 0 amide bonds. The lowest BCUT2D eigenvalue weighted by Gasteiger charge is -2.15. The van der Waals surface area contributed by atoms with E-state index in [1.165, 1.54) is 44.0 Å². The number of fused-ring (bicyclic) bond motifs is 7. The zero-order valence-electron chi connectivity index (χ0n) is 14.4. The lowest BCUT2D eigenvalue weighted by molar-refractivity contribution is -0.399. The van der Waals surface area contributed by atoms with E-state index in [-0.39, 0.29) is 0 Å². The van der Waals surface area contributed by atoms with Gasteiger partial charge in [0.25, 0.3) is 0 Å². The predicted molar refractivity (Wildman–Crippen MR) is 107 cm³/mol. The first-order valence-electron chi connectivity index (χ1n) is 8.58. The van der Waals surface area contributed by atoms with Crippen molar-refractivity contribution in [2.45, 2.75) is 0 Å². The Bertz CT molecular complexity index is 1170. The molecule has 25 heavy (non-hydrogen) atoms. The second-order valence-corrected chi connectivity index (χ2v) is 6.70. The molecule has 0 unspecified atom stereocenters. The van der Waals surface area contributed by atoms with E-state index < -0.39 is 0 Å². The van der Waals surface area contributed by atoms with Crippen molar-refractivity contribution in [2.75, 3.05) is 19.0 Å². The first kappa shape index (κ1) is 14.2. The molecule has 1 heterocycles. The fourth-order valence-corrected chi connectivity index (χ4v) is 4.02. The van der Waals surface area contributed by atoms with E-state index in [0.717, 1.165) is 0 Å². The third-order valence-corrected chi connectivity index (χ3v) is 5.17. The van der Waals surface area contributed by atoms with E-state index in [1.54, 1.807) is 0 Å². The van der Waals surface area contributed by atoms with Crippen LogP contribution in [0.1, 0.15) is 0 Å². The van der Waals surface area contributed by atoms with Gasteiger partial charge in [-0.15, -0.1) is 0 Å². The van der Waals surface area contributed by atoms with Crippen LogP contribution in [-0.2, 0) is 0 Å². The molecule has 0 aliphatic carbocycles. The van der Waals surface area contributed by atoms with E-state index in [2.05, 4.69) is 103 Å². The van der Waals surface area contributed by atoms with Gasteiger partial charge >= 0.3 is 0 Å². The van der Waals surface area contributed by atoms with Crippen LogP contribution in [0.5, 0.6) is 0 Å². The quantitative estimate of drug-likeness (QED) is 0.392. The van der Waals surface area contributed by atoms with Crippen LogP contribution in [0, 0.1) is 0 Å². The molecule has 1 aliphatic rings. The Morgan fingerprint density at radius 2 is 1.28 bits per heavy atom. The third kappa shape index (κ3) is 2.01. The number of nitrogens with zero attached hydrogens (tertiary/aromatic N) is 2. The maximum absolute atomic E-state index is 2.24. The molecule has 2 heteroatoms. The van der Waals surface area contributed by atoms with Crippen LogP contribution in [0.3, 0.4) is 0 Å². The zero-order valence-corrected chi connectivity index (χ0v) is 14.4. The smallest absolute Gasteiger partial charge is 0.236 e. The minimum absolute atomic E-state index is 1.24. The molecule has 0 saturated heterocycles.